The molecule has 5 heteroatoms. The van der Waals surface area contributed by atoms with E-state index in [-0.39, 0.29) is 0 Å². The number of rotatable bonds is 5. The third-order valence-electron chi connectivity index (χ3n) is 12.9. The van der Waals surface area contributed by atoms with Crippen molar-refractivity contribution in [3.05, 3.63) is 139 Å². The van der Waals surface area contributed by atoms with E-state index < -0.39 is 0 Å². The van der Waals surface area contributed by atoms with Crippen LogP contribution >= 0.6 is 22.7 Å². The third-order valence-corrected chi connectivity index (χ3v) is 15.4. The fourth-order valence-corrected chi connectivity index (χ4v) is 13.3. The molecule has 4 saturated carbocycles. The molecule has 13 rings (SSSR count). The molecule has 4 bridgehead atoms. The molecule has 0 radical (unpaired) electrons. The third kappa shape index (κ3) is 4.87. The Bertz CT molecular complexity index is 2750. The predicted molar refractivity (Wildman–Crippen MR) is 227 cm³/mol. The average molecular weight is 732 g/mol. The first-order valence-corrected chi connectivity index (χ1v) is 21.1. The van der Waals surface area contributed by atoms with Crippen molar-refractivity contribution in [3.8, 4) is 45.3 Å². The van der Waals surface area contributed by atoms with Crippen molar-refractivity contribution >= 4 is 63.0 Å². The lowest BCUT2D eigenvalue weighted by Gasteiger charge is -2.57. The van der Waals surface area contributed by atoms with E-state index in [0.29, 0.717) is 22.9 Å². The summed E-state index contributed by atoms with van der Waals surface area (Å²) >= 11 is 3.62. The van der Waals surface area contributed by atoms with Crippen LogP contribution in [0.4, 0.5) is 0 Å². The number of hydrogen-bond acceptors (Lipinski definition) is 5. The number of benzene rings is 6. The van der Waals surface area contributed by atoms with Gasteiger partial charge in [-0.1, -0.05) is 109 Å². The van der Waals surface area contributed by atoms with Crippen LogP contribution in [0.2, 0.25) is 0 Å². The topological polar surface area (TPSA) is 38.7 Å². The first-order valence-electron chi connectivity index (χ1n) is 19.4. The molecule has 0 unspecified atom stereocenters. The fraction of sp³-hybridized carbons (Fsp3) is 0.204. The van der Waals surface area contributed by atoms with Crippen molar-refractivity contribution in [3.63, 3.8) is 0 Å². The van der Waals surface area contributed by atoms with Gasteiger partial charge in [0.2, 0.25) is 0 Å². The van der Waals surface area contributed by atoms with Crippen LogP contribution in [-0.2, 0) is 5.41 Å². The highest BCUT2D eigenvalue weighted by Gasteiger charge is 2.51. The SMILES string of the molecule is c1ccc2c(c1)sc1c(-c3nc(-c4ccc(-c5ccc(C67CC8CC(CC(C8)C6)C7)cc5)cc4)nc(-c4cccc5c4sc4ccccc45)n3)cccc12. The lowest BCUT2D eigenvalue weighted by atomic mass is 9.48. The van der Waals surface area contributed by atoms with Gasteiger partial charge >= 0.3 is 0 Å². The van der Waals surface area contributed by atoms with Gasteiger partial charge < -0.3 is 0 Å². The van der Waals surface area contributed by atoms with Crippen LogP contribution < -0.4 is 0 Å². The molecule has 3 nitrogen and oxygen atoms in total. The molecule has 3 aromatic heterocycles. The molecule has 0 spiro atoms. The van der Waals surface area contributed by atoms with Gasteiger partial charge in [-0.3, -0.25) is 0 Å². The molecule has 0 aliphatic heterocycles. The van der Waals surface area contributed by atoms with E-state index in [0.717, 1.165) is 34.4 Å². The highest BCUT2D eigenvalue weighted by atomic mass is 32.1. The van der Waals surface area contributed by atoms with Crippen molar-refractivity contribution in [2.75, 3.05) is 0 Å². The van der Waals surface area contributed by atoms with E-state index in [4.69, 9.17) is 15.0 Å². The smallest absolute Gasteiger partial charge is 0.165 e. The Balaban J connectivity index is 0.962. The summed E-state index contributed by atoms with van der Waals surface area (Å²) in [6, 6.07) is 48.8. The van der Waals surface area contributed by atoms with Gasteiger partial charge in [0.25, 0.3) is 0 Å². The van der Waals surface area contributed by atoms with Crippen LogP contribution in [-0.4, -0.2) is 15.0 Å². The van der Waals surface area contributed by atoms with Gasteiger partial charge in [-0.15, -0.1) is 22.7 Å². The molecule has 3 heterocycles. The summed E-state index contributed by atoms with van der Waals surface area (Å²) in [5, 5.41) is 5.01. The number of hydrogen-bond donors (Lipinski definition) is 0. The Labute approximate surface area is 322 Å². The second-order valence-corrected chi connectivity index (χ2v) is 18.3. The minimum atomic E-state index is 0.422. The van der Waals surface area contributed by atoms with E-state index in [1.807, 2.05) is 22.7 Å². The van der Waals surface area contributed by atoms with Crippen molar-refractivity contribution in [2.45, 2.75) is 43.9 Å². The number of aromatic nitrogens is 3. The first-order chi connectivity index (χ1) is 26.6. The highest BCUT2D eigenvalue weighted by molar-refractivity contribution is 7.26. The molecular formula is C49H37N3S2. The largest absolute Gasteiger partial charge is 0.208 e. The van der Waals surface area contributed by atoms with Crippen molar-refractivity contribution in [1.82, 2.24) is 15.0 Å². The summed E-state index contributed by atoms with van der Waals surface area (Å²) < 4.78 is 4.94. The van der Waals surface area contributed by atoms with Crippen LogP contribution in [0.1, 0.15) is 44.1 Å². The van der Waals surface area contributed by atoms with Crippen molar-refractivity contribution < 1.29 is 0 Å². The summed E-state index contributed by atoms with van der Waals surface area (Å²) in [4.78, 5) is 15.7. The van der Waals surface area contributed by atoms with Gasteiger partial charge in [-0.2, -0.15) is 0 Å². The van der Waals surface area contributed by atoms with E-state index in [9.17, 15) is 0 Å². The van der Waals surface area contributed by atoms with Crippen LogP contribution in [0.3, 0.4) is 0 Å². The summed E-state index contributed by atoms with van der Waals surface area (Å²) in [6.45, 7) is 0. The van der Waals surface area contributed by atoms with Gasteiger partial charge in [-0.25, -0.2) is 15.0 Å². The monoisotopic (exact) mass is 731 g/mol. The quantitative estimate of drug-likeness (QED) is 0.177. The maximum atomic E-state index is 5.27. The zero-order valence-electron chi connectivity index (χ0n) is 29.8. The fourth-order valence-electron chi connectivity index (χ4n) is 10.9. The molecule has 9 aromatic rings. The summed E-state index contributed by atoms with van der Waals surface area (Å²) in [5.74, 6) is 4.96. The maximum Gasteiger partial charge on any atom is 0.165 e. The number of fused-ring (bicyclic) bond motifs is 6. The van der Waals surface area contributed by atoms with Gasteiger partial charge in [0, 0.05) is 57.0 Å². The molecule has 260 valence electrons. The van der Waals surface area contributed by atoms with E-state index in [1.165, 1.54) is 90.0 Å². The highest BCUT2D eigenvalue weighted by Crippen LogP contribution is 2.60. The van der Waals surface area contributed by atoms with Gasteiger partial charge in [0.15, 0.2) is 17.5 Å². The van der Waals surface area contributed by atoms with E-state index in [1.54, 1.807) is 5.56 Å². The van der Waals surface area contributed by atoms with Crippen molar-refractivity contribution in [1.29, 1.82) is 0 Å². The first kappa shape index (κ1) is 31.2. The van der Waals surface area contributed by atoms with Gasteiger partial charge in [0.05, 0.1) is 0 Å². The minimum Gasteiger partial charge on any atom is -0.208 e. The summed E-state index contributed by atoms with van der Waals surface area (Å²) in [6.07, 6.45) is 8.65. The molecule has 0 N–H and O–H groups in total. The Morgan fingerprint density at radius 2 is 0.833 bits per heavy atom. The Morgan fingerprint density at radius 1 is 0.407 bits per heavy atom. The molecule has 54 heavy (non-hydrogen) atoms. The molecule has 0 amide bonds. The van der Waals surface area contributed by atoms with Gasteiger partial charge in [0.1, 0.15) is 0 Å². The van der Waals surface area contributed by atoms with E-state index >= 15 is 0 Å². The molecule has 4 aliphatic rings. The average Bonchev–Trinajstić information content (AvgIpc) is 3.79. The zero-order chi connectivity index (χ0) is 35.4. The normalized spacial score (nSPS) is 21.9. The Kier molecular flexibility index (Phi) is 6.86. The summed E-state index contributed by atoms with van der Waals surface area (Å²) in [5.41, 5.74) is 7.55. The minimum absolute atomic E-state index is 0.422. The maximum absolute atomic E-state index is 5.27. The second-order valence-electron chi connectivity index (χ2n) is 16.2. The molecule has 0 saturated heterocycles. The lowest BCUT2D eigenvalue weighted by molar-refractivity contribution is -0.00518. The van der Waals surface area contributed by atoms with E-state index in [2.05, 4.69) is 133 Å². The van der Waals surface area contributed by atoms with Gasteiger partial charge in [-0.05, 0) is 103 Å². The zero-order valence-corrected chi connectivity index (χ0v) is 31.5. The van der Waals surface area contributed by atoms with Crippen LogP contribution in [0.5, 0.6) is 0 Å². The number of nitrogens with zero attached hydrogens (tertiary/aromatic N) is 3. The molecule has 0 atom stereocenters. The molecule has 4 fully saturated rings. The summed E-state index contributed by atoms with van der Waals surface area (Å²) in [7, 11) is 0. The molecular weight excluding hydrogens is 695 g/mol. The van der Waals surface area contributed by atoms with Crippen LogP contribution in [0.25, 0.3) is 85.6 Å². The standard InChI is InChI=1S/C49H37N3S2/c1-3-13-42-36(7-1)38-9-5-11-40(44(38)53-42)47-50-46(51-48(52-47)41-12-6-10-39-37-8-2-4-14-43(37)54-45(39)41)34-17-15-32(16-18-34)33-19-21-35(22-20-33)49-26-29-23-30(27-49)25-31(24-29)28-49/h1-22,29-31H,23-28H2. The second kappa shape index (κ2) is 11.9. The van der Waals surface area contributed by atoms with Crippen molar-refractivity contribution in [2.24, 2.45) is 17.8 Å². The molecule has 4 aliphatic carbocycles. The predicted octanol–water partition coefficient (Wildman–Crippen LogP) is 13.7. The number of thiophene rings is 2. The Hall–Kier alpha value is -5.23. The van der Waals surface area contributed by atoms with Crippen LogP contribution in [0.15, 0.2) is 133 Å². The molecule has 6 aromatic carbocycles. The van der Waals surface area contributed by atoms with Crippen LogP contribution in [0, 0.1) is 17.8 Å². The Morgan fingerprint density at radius 3 is 1.35 bits per heavy atom. The lowest BCUT2D eigenvalue weighted by Crippen LogP contribution is -2.48.